The van der Waals surface area contributed by atoms with Crippen LogP contribution >= 0.6 is 22.9 Å². The molecular formula is C23H17ClN2O4S. The molecule has 31 heavy (non-hydrogen) atoms. The van der Waals surface area contributed by atoms with Gasteiger partial charge in [-0.15, -0.1) is 11.3 Å². The third-order valence-electron chi connectivity index (χ3n) is 5.42. The minimum Gasteiger partial charge on any atom is -0.463 e. The molecule has 8 heteroatoms. The fourth-order valence-corrected chi connectivity index (χ4v) is 5.48. The molecule has 1 amide bonds. The molecule has 5 rings (SSSR count). The summed E-state index contributed by atoms with van der Waals surface area (Å²) in [6.45, 7) is 1.93. The number of hydrogen-bond acceptors (Lipinski definition) is 6. The fourth-order valence-electron chi connectivity index (χ4n) is 4.14. The van der Waals surface area contributed by atoms with Crippen LogP contribution in [0.25, 0.3) is 10.1 Å². The number of fused-ring (bicyclic) bond motifs is 4. The minimum absolute atomic E-state index is 0.0346. The van der Waals surface area contributed by atoms with Crippen LogP contribution in [-0.4, -0.2) is 25.0 Å². The maximum Gasteiger partial charge on any atom is 0.338 e. The molecule has 0 bridgehead atoms. The summed E-state index contributed by atoms with van der Waals surface area (Å²) in [6.07, 6.45) is 0. The number of carbonyl (C=O) groups excluding carboxylic acids is 2. The summed E-state index contributed by atoms with van der Waals surface area (Å²) in [5.74, 6) is -1.12. The number of ether oxygens (including phenoxy) is 1. The van der Waals surface area contributed by atoms with Crippen LogP contribution in [0.2, 0.25) is 5.02 Å². The Balaban J connectivity index is 1.87. The molecule has 0 saturated carbocycles. The molecule has 3 heterocycles. The Morgan fingerprint density at radius 2 is 1.94 bits per heavy atom. The van der Waals surface area contributed by atoms with E-state index in [1.807, 2.05) is 18.2 Å². The number of benzene rings is 2. The molecule has 0 spiro atoms. The second kappa shape index (κ2) is 7.51. The molecule has 156 valence electrons. The van der Waals surface area contributed by atoms with Crippen molar-refractivity contribution in [2.75, 3.05) is 18.1 Å². The molecule has 1 saturated heterocycles. The van der Waals surface area contributed by atoms with Gasteiger partial charge in [0.05, 0.1) is 18.1 Å². The van der Waals surface area contributed by atoms with Gasteiger partial charge in [-0.25, -0.2) is 4.79 Å². The van der Waals surface area contributed by atoms with E-state index in [0.717, 1.165) is 10.3 Å². The Kier molecular flexibility index (Phi) is 4.79. The lowest BCUT2D eigenvalue weighted by molar-refractivity contribution is -0.138. The number of hydrogen-bond donors (Lipinski definition) is 1. The monoisotopic (exact) mass is 452 g/mol. The highest BCUT2D eigenvalue weighted by Gasteiger charge is 2.44. The first-order valence-electron chi connectivity index (χ1n) is 9.79. The fraction of sp³-hybridized carbons (Fsp3) is 0.174. The highest BCUT2D eigenvalue weighted by Crippen LogP contribution is 2.47. The number of rotatable bonds is 3. The van der Waals surface area contributed by atoms with Crippen LogP contribution in [0, 0.1) is 0 Å². The van der Waals surface area contributed by atoms with E-state index in [2.05, 4.69) is 5.32 Å². The lowest BCUT2D eigenvalue weighted by Gasteiger charge is -2.33. The zero-order chi connectivity index (χ0) is 21.7. The van der Waals surface area contributed by atoms with Gasteiger partial charge >= 0.3 is 5.97 Å². The molecular weight excluding hydrogens is 436 g/mol. The van der Waals surface area contributed by atoms with Gasteiger partial charge in [0.2, 0.25) is 5.91 Å². The molecule has 3 aromatic rings. The summed E-state index contributed by atoms with van der Waals surface area (Å²) in [6, 6.07) is 14.4. The lowest BCUT2D eigenvalue weighted by Crippen LogP contribution is -2.35. The smallest absolute Gasteiger partial charge is 0.338 e. The second-order valence-corrected chi connectivity index (χ2v) is 8.71. The highest BCUT2D eigenvalue weighted by molar-refractivity contribution is 7.22. The Bertz CT molecular complexity index is 1330. The zero-order valence-corrected chi connectivity index (χ0v) is 18.0. The Morgan fingerprint density at radius 3 is 2.68 bits per heavy atom. The van der Waals surface area contributed by atoms with Crippen LogP contribution in [0.5, 0.6) is 0 Å². The molecule has 0 unspecified atom stereocenters. The van der Waals surface area contributed by atoms with Crippen LogP contribution in [0.1, 0.15) is 24.0 Å². The van der Waals surface area contributed by atoms with Gasteiger partial charge in [0.15, 0.2) is 5.43 Å². The standard InChI is InChI=1S/C23H17ClN2O4S/c1-2-30-23(29)19-17(12-7-9-13(24)10-8-12)18-20(28)14-5-3-4-6-15(14)31-22(18)26-11-16(27)25-21(19)26/h3-10,17H,2,11H2,1H3,(H,25,27)/t17-/m0/s1. The predicted molar refractivity (Wildman–Crippen MR) is 121 cm³/mol. The summed E-state index contributed by atoms with van der Waals surface area (Å²) in [5, 5.41) is 4.59. The number of amides is 1. The van der Waals surface area contributed by atoms with E-state index in [1.54, 1.807) is 42.2 Å². The van der Waals surface area contributed by atoms with Crippen LogP contribution in [0.15, 0.2) is 64.7 Å². The van der Waals surface area contributed by atoms with Crippen molar-refractivity contribution in [3.8, 4) is 0 Å². The van der Waals surface area contributed by atoms with Crippen molar-refractivity contribution in [1.29, 1.82) is 0 Å². The summed E-state index contributed by atoms with van der Waals surface area (Å²) in [7, 11) is 0. The summed E-state index contributed by atoms with van der Waals surface area (Å²) < 4.78 is 6.16. The quantitative estimate of drug-likeness (QED) is 0.612. The van der Waals surface area contributed by atoms with Crippen molar-refractivity contribution in [3.63, 3.8) is 0 Å². The van der Waals surface area contributed by atoms with Crippen molar-refractivity contribution >= 4 is 49.9 Å². The molecule has 6 nitrogen and oxygen atoms in total. The van der Waals surface area contributed by atoms with E-state index >= 15 is 0 Å². The van der Waals surface area contributed by atoms with Gasteiger partial charge in [-0.1, -0.05) is 35.9 Å². The molecule has 1 N–H and O–H groups in total. The number of halogens is 1. The van der Waals surface area contributed by atoms with E-state index in [9.17, 15) is 14.4 Å². The third kappa shape index (κ3) is 3.12. The normalized spacial score (nSPS) is 17.4. The van der Waals surface area contributed by atoms with Gasteiger partial charge < -0.3 is 15.0 Å². The first-order chi connectivity index (χ1) is 15.0. The molecule has 2 aromatic carbocycles. The first kappa shape index (κ1) is 19.8. The summed E-state index contributed by atoms with van der Waals surface area (Å²) >= 11 is 7.52. The largest absolute Gasteiger partial charge is 0.463 e. The van der Waals surface area contributed by atoms with Gasteiger partial charge in [0.1, 0.15) is 17.4 Å². The second-order valence-electron chi connectivity index (χ2n) is 7.25. The number of anilines is 1. The van der Waals surface area contributed by atoms with Crippen molar-refractivity contribution < 1.29 is 14.3 Å². The van der Waals surface area contributed by atoms with Crippen LogP contribution in [0.4, 0.5) is 5.00 Å². The molecule has 2 aliphatic rings. The molecule has 0 aliphatic carbocycles. The van der Waals surface area contributed by atoms with Crippen molar-refractivity contribution in [2.45, 2.75) is 12.8 Å². The average Bonchev–Trinajstić information content (AvgIpc) is 3.15. The molecule has 1 atom stereocenters. The van der Waals surface area contributed by atoms with Crippen LogP contribution in [-0.2, 0) is 14.3 Å². The molecule has 1 fully saturated rings. The van der Waals surface area contributed by atoms with Gasteiger partial charge in [0.25, 0.3) is 0 Å². The van der Waals surface area contributed by atoms with Gasteiger partial charge in [-0.05, 0) is 36.8 Å². The van der Waals surface area contributed by atoms with E-state index in [1.165, 1.54) is 11.3 Å². The van der Waals surface area contributed by atoms with Gasteiger partial charge in [-0.3, -0.25) is 9.59 Å². The maximum absolute atomic E-state index is 13.7. The van der Waals surface area contributed by atoms with E-state index in [0.29, 0.717) is 26.8 Å². The Hall–Kier alpha value is -3.16. The third-order valence-corrected chi connectivity index (χ3v) is 6.88. The van der Waals surface area contributed by atoms with Crippen molar-refractivity contribution in [2.24, 2.45) is 0 Å². The minimum atomic E-state index is -0.690. The Morgan fingerprint density at radius 1 is 1.19 bits per heavy atom. The van der Waals surface area contributed by atoms with Crippen molar-refractivity contribution in [1.82, 2.24) is 5.32 Å². The van der Waals surface area contributed by atoms with E-state index in [4.69, 9.17) is 16.3 Å². The number of esters is 1. The number of nitrogens with one attached hydrogen (secondary N) is 1. The zero-order valence-electron chi connectivity index (χ0n) is 16.5. The number of carbonyl (C=O) groups is 2. The van der Waals surface area contributed by atoms with Gasteiger partial charge in [-0.2, -0.15) is 0 Å². The topological polar surface area (TPSA) is 75.7 Å². The first-order valence-corrected chi connectivity index (χ1v) is 11.0. The number of nitrogens with zero attached hydrogens (tertiary/aromatic N) is 1. The Labute approximate surface area is 186 Å². The molecule has 0 radical (unpaired) electrons. The predicted octanol–water partition coefficient (Wildman–Crippen LogP) is 3.77. The van der Waals surface area contributed by atoms with E-state index < -0.39 is 11.9 Å². The van der Waals surface area contributed by atoms with E-state index in [-0.39, 0.29) is 30.1 Å². The maximum atomic E-state index is 13.7. The molecule has 2 aliphatic heterocycles. The molecule has 1 aromatic heterocycles. The summed E-state index contributed by atoms with van der Waals surface area (Å²) in [5.41, 5.74) is 1.28. The SMILES string of the molecule is CCOC(=O)C1=C2NC(=O)CN2c2sc3ccccc3c(=O)c2[C@@H]1c1ccc(Cl)cc1. The lowest BCUT2D eigenvalue weighted by atomic mass is 9.82. The van der Waals surface area contributed by atoms with Crippen molar-refractivity contribution in [3.05, 3.63) is 86.3 Å². The highest BCUT2D eigenvalue weighted by atomic mass is 35.5. The average molecular weight is 453 g/mol. The van der Waals surface area contributed by atoms with Crippen LogP contribution < -0.4 is 15.6 Å². The summed E-state index contributed by atoms with van der Waals surface area (Å²) in [4.78, 5) is 40.9. The van der Waals surface area contributed by atoms with Gasteiger partial charge in [0, 0.05) is 20.7 Å². The van der Waals surface area contributed by atoms with Crippen LogP contribution in [0.3, 0.4) is 0 Å².